The normalized spacial score (nSPS) is 10.7. The molecule has 2 aromatic carbocycles. The van der Waals surface area contributed by atoms with Crippen molar-refractivity contribution < 1.29 is 9.53 Å². The van der Waals surface area contributed by atoms with Gasteiger partial charge >= 0.3 is 6.03 Å². The second-order valence-electron chi connectivity index (χ2n) is 7.23. The Morgan fingerprint density at radius 3 is 2.39 bits per heavy atom. The molecule has 4 aromatic rings. The number of carbonyl (C=O) groups excluding carboxylic acids is 1. The molecule has 0 spiro atoms. The smallest absolute Gasteiger partial charge is 0.323 e. The Morgan fingerprint density at radius 2 is 1.65 bits per heavy atom. The van der Waals surface area contributed by atoms with Gasteiger partial charge in [0.1, 0.15) is 23.0 Å². The molecular weight excluding hydrogens is 392 g/mol. The maximum atomic E-state index is 12.3. The summed E-state index contributed by atoms with van der Waals surface area (Å²) in [7, 11) is 1.58. The molecule has 31 heavy (non-hydrogen) atoms. The Kier molecular flexibility index (Phi) is 5.44. The molecule has 0 aliphatic rings. The van der Waals surface area contributed by atoms with E-state index in [4.69, 9.17) is 4.74 Å². The topological polar surface area (TPSA) is 104 Å². The number of aryl methyl sites for hydroxylation is 3. The molecule has 158 valence electrons. The summed E-state index contributed by atoms with van der Waals surface area (Å²) in [4.78, 5) is 24.6. The lowest BCUT2D eigenvalue weighted by Gasteiger charge is -2.11. The van der Waals surface area contributed by atoms with Gasteiger partial charge < -0.3 is 25.7 Å². The van der Waals surface area contributed by atoms with E-state index in [1.165, 1.54) is 0 Å². The first-order valence-corrected chi connectivity index (χ1v) is 9.85. The highest BCUT2D eigenvalue weighted by Crippen LogP contribution is 2.29. The highest BCUT2D eigenvalue weighted by atomic mass is 16.5. The minimum absolute atomic E-state index is 0.333. The molecule has 4 rings (SSSR count). The van der Waals surface area contributed by atoms with Crippen molar-refractivity contribution in [3.63, 3.8) is 0 Å². The van der Waals surface area contributed by atoms with Crippen LogP contribution in [-0.2, 0) is 0 Å². The lowest BCUT2D eigenvalue weighted by atomic mass is 10.2. The molecular formula is C23H24N6O2. The number of H-pyrrole nitrogens is 1. The quantitative estimate of drug-likeness (QED) is 0.354. The standard InChI is InChI=1S/C23H24N6O2/c1-13-14(2)24-21-20(13)22(26-15(3)25-21)27-16-8-10-17(11-9-16)28-23(30)29-18-6-5-7-19(12-18)31-4/h5-12H,1-4H3,(H2,28,29,30)(H2,24,25,26,27). The lowest BCUT2D eigenvalue weighted by molar-refractivity contribution is 0.262. The number of carbonyl (C=O) groups is 1. The van der Waals surface area contributed by atoms with Crippen LogP contribution in [0.25, 0.3) is 11.0 Å². The fourth-order valence-electron chi connectivity index (χ4n) is 3.34. The lowest BCUT2D eigenvalue weighted by Crippen LogP contribution is -2.19. The fraction of sp³-hybridized carbons (Fsp3) is 0.174. The Labute approximate surface area is 180 Å². The van der Waals surface area contributed by atoms with Crippen molar-refractivity contribution in [2.75, 3.05) is 23.1 Å². The molecule has 8 nitrogen and oxygen atoms in total. The van der Waals surface area contributed by atoms with E-state index in [-0.39, 0.29) is 6.03 Å². The van der Waals surface area contributed by atoms with Crippen LogP contribution in [0.5, 0.6) is 5.75 Å². The number of benzene rings is 2. The summed E-state index contributed by atoms with van der Waals surface area (Å²) < 4.78 is 5.17. The molecule has 0 aliphatic carbocycles. The van der Waals surface area contributed by atoms with Crippen LogP contribution in [0.15, 0.2) is 48.5 Å². The van der Waals surface area contributed by atoms with Gasteiger partial charge in [0, 0.05) is 28.8 Å². The second-order valence-corrected chi connectivity index (χ2v) is 7.23. The van der Waals surface area contributed by atoms with Gasteiger partial charge in [0.25, 0.3) is 0 Å². The predicted octanol–water partition coefficient (Wildman–Crippen LogP) is 5.28. The number of hydrogen-bond donors (Lipinski definition) is 4. The van der Waals surface area contributed by atoms with Crippen molar-refractivity contribution in [1.29, 1.82) is 0 Å². The van der Waals surface area contributed by atoms with Gasteiger partial charge in [-0.15, -0.1) is 0 Å². The van der Waals surface area contributed by atoms with Gasteiger partial charge in [-0.3, -0.25) is 0 Å². The molecule has 0 radical (unpaired) electrons. The Morgan fingerprint density at radius 1 is 0.935 bits per heavy atom. The number of amides is 2. The molecule has 0 aliphatic heterocycles. The van der Waals surface area contributed by atoms with Crippen LogP contribution in [0.4, 0.5) is 27.7 Å². The number of fused-ring (bicyclic) bond motifs is 1. The van der Waals surface area contributed by atoms with Crippen LogP contribution in [0.2, 0.25) is 0 Å². The number of nitrogens with one attached hydrogen (secondary N) is 4. The molecule has 0 unspecified atom stereocenters. The second kappa shape index (κ2) is 8.35. The van der Waals surface area contributed by atoms with Gasteiger partial charge in [0.05, 0.1) is 12.5 Å². The molecule has 2 amide bonds. The van der Waals surface area contributed by atoms with Crippen LogP contribution in [0.3, 0.4) is 0 Å². The molecule has 8 heteroatoms. The number of anilines is 4. The average molecular weight is 416 g/mol. The summed E-state index contributed by atoms with van der Waals surface area (Å²) in [5.74, 6) is 2.11. The zero-order valence-electron chi connectivity index (χ0n) is 17.8. The molecule has 0 saturated heterocycles. The van der Waals surface area contributed by atoms with E-state index in [2.05, 4.69) is 30.9 Å². The number of aromatic amines is 1. The van der Waals surface area contributed by atoms with Crippen LogP contribution in [0.1, 0.15) is 17.1 Å². The SMILES string of the molecule is COc1cccc(NC(=O)Nc2ccc(Nc3nc(C)nc4[nH]c(C)c(C)c34)cc2)c1. The van der Waals surface area contributed by atoms with Crippen molar-refractivity contribution in [2.24, 2.45) is 0 Å². The van der Waals surface area contributed by atoms with E-state index >= 15 is 0 Å². The third kappa shape index (κ3) is 4.42. The van der Waals surface area contributed by atoms with Gasteiger partial charge in [-0.1, -0.05) is 6.07 Å². The molecule has 0 fully saturated rings. The minimum Gasteiger partial charge on any atom is -0.497 e. The predicted molar refractivity (Wildman–Crippen MR) is 123 cm³/mol. The van der Waals surface area contributed by atoms with Gasteiger partial charge in [0.2, 0.25) is 0 Å². The number of urea groups is 1. The van der Waals surface area contributed by atoms with E-state index in [0.29, 0.717) is 22.9 Å². The maximum absolute atomic E-state index is 12.3. The van der Waals surface area contributed by atoms with Gasteiger partial charge in [-0.2, -0.15) is 0 Å². The van der Waals surface area contributed by atoms with Gasteiger partial charge in [-0.05, 0) is 62.7 Å². The Hall–Kier alpha value is -4.07. The first-order chi connectivity index (χ1) is 14.9. The van der Waals surface area contributed by atoms with E-state index in [1.54, 1.807) is 19.2 Å². The first kappa shape index (κ1) is 20.2. The fourth-order valence-corrected chi connectivity index (χ4v) is 3.34. The summed E-state index contributed by atoms with van der Waals surface area (Å²) in [5, 5.41) is 9.95. The first-order valence-electron chi connectivity index (χ1n) is 9.85. The zero-order valence-corrected chi connectivity index (χ0v) is 17.8. The summed E-state index contributed by atoms with van der Waals surface area (Å²) in [5.41, 5.74) is 5.18. The number of aromatic nitrogens is 3. The van der Waals surface area contributed by atoms with E-state index < -0.39 is 0 Å². The monoisotopic (exact) mass is 416 g/mol. The van der Waals surface area contributed by atoms with Crippen molar-refractivity contribution in [3.8, 4) is 5.75 Å². The highest BCUT2D eigenvalue weighted by molar-refractivity contribution is 6.00. The molecule has 0 saturated carbocycles. The molecule has 4 N–H and O–H groups in total. The van der Waals surface area contributed by atoms with Crippen LogP contribution < -0.4 is 20.7 Å². The van der Waals surface area contributed by atoms with Gasteiger partial charge in [-0.25, -0.2) is 14.8 Å². The van der Waals surface area contributed by atoms with Crippen molar-refractivity contribution >= 4 is 39.9 Å². The molecule has 0 bridgehead atoms. The van der Waals surface area contributed by atoms with Crippen molar-refractivity contribution in [3.05, 3.63) is 65.6 Å². The third-order valence-electron chi connectivity index (χ3n) is 5.00. The van der Waals surface area contributed by atoms with E-state index in [1.807, 2.05) is 57.2 Å². The number of ether oxygens (including phenoxy) is 1. The van der Waals surface area contributed by atoms with Crippen LogP contribution in [-0.4, -0.2) is 28.1 Å². The minimum atomic E-state index is -0.333. The number of hydrogen-bond acceptors (Lipinski definition) is 5. The number of rotatable bonds is 5. The van der Waals surface area contributed by atoms with Gasteiger partial charge in [0.15, 0.2) is 0 Å². The maximum Gasteiger partial charge on any atom is 0.323 e. The number of methoxy groups -OCH3 is 1. The summed E-state index contributed by atoms with van der Waals surface area (Å²) >= 11 is 0. The number of nitrogens with zero attached hydrogens (tertiary/aromatic N) is 2. The molecule has 2 aromatic heterocycles. The van der Waals surface area contributed by atoms with Crippen LogP contribution in [0, 0.1) is 20.8 Å². The largest absolute Gasteiger partial charge is 0.497 e. The summed E-state index contributed by atoms with van der Waals surface area (Å²) in [6.45, 7) is 5.93. The highest BCUT2D eigenvalue weighted by Gasteiger charge is 2.13. The van der Waals surface area contributed by atoms with E-state index in [9.17, 15) is 4.79 Å². The molecule has 0 atom stereocenters. The summed E-state index contributed by atoms with van der Waals surface area (Å²) in [6, 6.07) is 14.3. The average Bonchev–Trinajstić information content (AvgIpc) is 3.03. The van der Waals surface area contributed by atoms with Crippen molar-refractivity contribution in [2.45, 2.75) is 20.8 Å². The Balaban J connectivity index is 1.46. The third-order valence-corrected chi connectivity index (χ3v) is 5.00. The van der Waals surface area contributed by atoms with Crippen LogP contribution >= 0.6 is 0 Å². The van der Waals surface area contributed by atoms with Crippen molar-refractivity contribution in [1.82, 2.24) is 15.0 Å². The Bertz CT molecular complexity index is 1250. The van der Waals surface area contributed by atoms with E-state index in [0.717, 1.165) is 33.8 Å². The molecule has 2 heterocycles. The summed E-state index contributed by atoms with van der Waals surface area (Å²) in [6.07, 6.45) is 0. The zero-order chi connectivity index (χ0) is 22.0.